The van der Waals surface area contributed by atoms with Crippen molar-refractivity contribution in [3.05, 3.63) is 46.7 Å². The second-order valence-corrected chi connectivity index (χ2v) is 5.22. The normalized spacial score (nSPS) is 12.1. The Morgan fingerprint density at radius 1 is 1.04 bits per heavy atom. The van der Waals surface area contributed by atoms with Crippen LogP contribution in [0.3, 0.4) is 0 Å². The molecule has 0 radical (unpaired) electrons. The number of nitrogens with zero attached hydrogens (tertiary/aromatic N) is 2. The summed E-state index contributed by atoms with van der Waals surface area (Å²) >= 11 is 5.74. The van der Waals surface area contributed by atoms with Gasteiger partial charge in [-0.05, 0) is 11.6 Å². The molecule has 25 heavy (non-hydrogen) atoms. The number of halogens is 7. The van der Waals surface area contributed by atoms with Gasteiger partial charge in [0.2, 0.25) is 5.88 Å². The molecule has 0 atom stereocenters. The third-order valence-electron chi connectivity index (χ3n) is 2.81. The maximum absolute atomic E-state index is 12.5. The third kappa shape index (κ3) is 5.96. The van der Waals surface area contributed by atoms with E-state index in [1.54, 1.807) is 0 Å². The molecule has 136 valence electrons. The number of pyridine rings is 2. The van der Waals surface area contributed by atoms with Gasteiger partial charge in [0.05, 0.1) is 10.6 Å². The van der Waals surface area contributed by atoms with Crippen LogP contribution in [0.25, 0.3) is 0 Å². The van der Waals surface area contributed by atoms with Gasteiger partial charge >= 0.3 is 12.4 Å². The van der Waals surface area contributed by atoms with Crippen LogP contribution in [0.4, 0.5) is 32.2 Å². The van der Waals surface area contributed by atoms with Crippen LogP contribution >= 0.6 is 11.6 Å². The molecule has 0 aliphatic heterocycles. The van der Waals surface area contributed by atoms with Gasteiger partial charge in [0, 0.05) is 25.0 Å². The van der Waals surface area contributed by atoms with Crippen molar-refractivity contribution < 1.29 is 31.1 Å². The number of hydrogen-bond donors (Lipinski definition) is 1. The summed E-state index contributed by atoms with van der Waals surface area (Å²) in [6, 6.07) is 3.43. The minimum Gasteiger partial charge on any atom is -0.468 e. The molecule has 0 saturated carbocycles. The second-order valence-electron chi connectivity index (χ2n) is 4.81. The Morgan fingerprint density at radius 2 is 1.76 bits per heavy atom. The first-order valence-corrected chi connectivity index (χ1v) is 7.03. The first kappa shape index (κ1) is 19.1. The number of rotatable bonds is 5. The van der Waals surface area contributed by atoms with E-state index >= 15 is 0 Å². The predicted molar refractivity (Wildman–Crippen MR) is 77.4 cm³/mol. The van der Waals surface area contributed by atoms with E-state index in [2.05, 4.69) is 20.0 Å². The van der Waals surface area contributed by atoms with Crippen molar-refractivity contribution in [1.82, 2.24) is 9.97 Å². The summed E-state index contributed by atoms with van der Waals surface area (Å²) < 4.78 is 78.1. The summed E-state index contributed by atoms with van der Waals surface area (Å²) in [7, 11) is 0. The fourth-order valence-electron chi connectivity index (χ4n) is 1.67. The molecule has 4 nitrogen and oxygen atoms in total. The van der Waals surface area contributed by atoms with Gasteiger partial charge in [-0.3, -0.25) is 0 Å². The van der Waals surface area contributed by atoms with E-state index < -0.39 is 24.5 Å². The van der Waals surface area contributed by atoms with Crippen LogP contribution in [-0.2, 0) is 12.7 Å². The molecule has 0 fully saturated rings. The van der Waals surface area contributed by atoms with Crippen molar-refractivity contribution in [2.45, 2.75) is 18.9 Å². The lowest BCUT2D eigenvalue weighted by atomic mass is 10.2. The average molecular weight is 386 g/mol. The summed E-state index contributed by atoms with van der Waals surface area (Å²) in [4.78, 5) is 7.30. The molecule has 2 heterocycles. The molecule has 0 aliphatic rings. The first-order chi connectivity index (χ1) is 11.5. The van der Waals surface area contributed by atoms with Gasteiger partial charge in [-0.25, -0.2) is 9.97 Å². The minimum atomic E-state index is -4.55. The van der Waals surface area contributed by atoms with Crippen LogP contribution in [-0.4, -0.2) is 22.8 Å². The third-order valence-corrected chi connectivity index (χ3v) is 3.10. The van der Waals surface area contributed by atoms with Crippen LogP contribution in [0.1, 0.15) is 11.1 Å². The Morgan fingerprint density at radius 3 is 2.28 bits per heavy atom. The number of nitrogens with one attached hydrogen (secondary N) is 1. The van der Waals surface area contributed by atoms with Gasteiger partial charge in [-0.1, -0.05) is 17.7 Å². The Hall–Kier alpha value is -2.23. The fraction of sp³-hybridized carbons (Fsp3) is 0.286. The zero-order valence-corrected chi connectivity index (χ0v) is 13.0. The summed E-state index contributed by atoms with van der Waals surface area (Å²) in [6.45, 7) is -1.35. The van der Waals surface area contributed by atoms with Crippen LogP contribution in [0, 0.1) is 0 Å². The topological polar surface area (TPSA) is 47.0 Å². The van der Waals surface area contributed by atoms with Gasteiger partial charge in [-0.2, -0.15) is 26.3 Å². The molecule has 0 aromatic carbocycles. The van der Waals surface area contributed by atoms with Crippen LogP contribution in [0.2, 0.25) is 5.02 Å². The van der Waals surface area contributed by atoms with Gasteiger partial charge in [0.15, 0.2) is 6.61 Å². The van der Waals surface area contributed by atoms with Gasteiger partial charge < -0.3 is 10.1 Å². The quantitative estimate of drug-likeness (QED) is 0.758. The van der Waals surface area contributed by atoms with E-state index in [0.717, 1.165) is 6.07 Å². The highest BCUT2D eigenvalue weighted by molar-refractivity contribution is 6.32. The van der Waals surface area contributed by atoms with E-state index in [-0.39, 0.29) is 23.3 Å². The number of aromatic nitrogens is 2. The SMILES string of the molecule is FC(F)(F)COc1ccc(CNc2ncc(C(F)(F)F)cc2Cl)cn1. The second kappa shape index (κ2) is 7.34. The van der Waals surface area contributed by atoms with Crippen molar-refractivity contribution in [2.24, 2.45) is 0 Å². The Bertz CT molecular complexity index is 718. The average Bonchev–Trinajstić information content (AvgIpc) is 2.51. The highest BCUT2D eigenvalue weighted by Gasteiger charge is 2.31. The standard InChI is InChI=1S/C14H10ClF6N3O/c15-10-3-9(14(19,20)21)6-24-12(10)23-5-8-1-2-11(22-4-8)25-7-13(16,17)18/h1-4,6H,5,7H2,(H,23,24). The Labute approximate surface area is 142 Å². The molecular weight excluding hydrogens is 376 g/mol. The predicted octanol–water partition coefficient (Wildman–Crippen LogP) is 4.70. The lowest BCUT2D eigenvalue weighted by Crippen LogP contribution is -2.19. The van der Waals surface area contributed by atoms with E-state index in [1.165, 1.54) is 18.3 Å². The van der Waals surface area contributed by atoms with Gasteiger partial charge in [0.1, 0.15) is 5.82 Å². The molecule has 0 spiro atoms. The number of ether oxygens (including phenoxy) is 1. The molecule has 0 unspecified atom stereocenters. The molecule has 0 amide bonds. The molecule has 2 rings (SSSR count). The van der Waals surface area contributed by atoms with E-state index in [0.29, 0.717) is 11.8 Å². The van der Waals surface area contributed by atoms with Crippen molar-refractivity contribution in [2.75, 3.05) is 11.9 Å². The van der Waals surface area contributed by atoms with E-state index in [1.807, 2.05) is 0 Å². The summed E-state index contributed by atoms with van der Waals surface area (Å²) in [5.74, 6) is -0.168. The molecule has 0 aliphatic carbocycles. The zero-order valence-electron chi connectivity index (χ0n) is 12.2. The smallest absolute Gasteiger partial charge is 0.422 e. The van der Waals surface area contributed by atoms with Crippen molar-refractivity contribution in [3.63, 3.8) is 0 Å². The van der Waals surface area contributed by atoms with E-state index in [4.69, 9.17) is 11.6 Å². The maximum Gasteiger partial charge on any atom is 0.422 e. The first-order valence-electron chi connectivity index (χ1n) is 6.66. The van der Waals surface area contributed by atoms with Crippen LogP contribution < -0.4 is 10.1 Å². The Balaban J connectivity index is 1.95. The molecule has 2 aromatic heterocycles. The van der Waals surface area contributed by atoms with Crippen molar-refractivity contribution in [1.29, 1.82) is 0 Å². The highest BCUT2D eigenvalue weighted by atomic mass is 35.5. The molecular formula is C14H10ClF6N3O. The van der Waals surface area contributed by atoms with Crippen molar-refractivity contribution in [3.8, 4) is 5.88 Å². The van der Waals surface area contributed by atoms with Gasteiger partial charge in [0.25, 0.3) is 0 Å². The van der Waals surface area contributed by atoms with Crippen molar-refractivity contribution >= 4 is 17.4 Å². The molecule has 0 saturated heterocycles. The molecule has 2 aromatic rings. The maximum atomic E-state index is 12.5. The summed E-state index contributed by atoms with van der Waals surface area (Å²) in [6.07, 6.45) is -7.12. The molecule has 11 heteroatoms. The number of hydrogen-bond acceptors (Lipinski definition) is 4. The molecule has 1 N–H and O–H groups in total. The van der Waals surface area contributed by atoms with Crippen LogP contribution in [0.15, 0.2) is 30.6 Å². The zero-order chi connectivity index (χ0) is 18.7. The molecule has 0 bridgehead atoms. The monoisotopic (exact) mass is 385 g/mol. The highest BCUT2D eigenvalue weighted by Crippen LogP contribution is 2.32. The fourth-order valence-corrected chi connectivity index (χ4v) is 1.90. The van der Waals surface area contributed by atoms with E-state index in [9.17, 15) is 26.3 Å². The van der Waals surface area contributed by atoms with Crippen LogP contribution in [0.5, 0.6) is 5.88 Å². The number of anilines is 1. The van der Waals surface area contributed by atoms with Gasteiger partial charge in [-0.15, -0.1) is 0 Å². The lowest BCUT2D eigenvalue weighted by Gasteiger charge is -2.11. The summed E-state index contributed by atoms with van der Waals surface area (Å²) in [5, 5.41) is 2.50. The largest absolute Gasteiger partial charge is 0.468 e. The summed E-state index contributed by atoms with van der Waals surface area (Å²) in [5.41, 5.74) is -0.437. The number of alkyl halides is 6. The Kier molecular flexibility index (Phi) is 5.61. The minimum absolute atomic E-state index is 0.0343. The lowest BCUT2D eigenvalue weighted by molar-refractivity contribution is -0.154.